The van der Waals surface area contributed by atoms with Crippen LogP contribution in [-0.4, -0.2) is 186 Å². The Morgan fingerprint density at radius 1 is 0.800 bits per heavy atom. The van der Waals surface area contributed by atoms with Gasteiger partial charge in [0.25, 0.3) is 0 Å². The minimum atomic E-state index is -1.37. The van der Waals surface area contributed by atoms with Gasteiger partial charge in [0.2, 0.25) is 0 Å². The summed E-state index contributed by atoms with van der Waals surface area (Å²) in [6.07, 6.45) is -9.87. The van der Waals surface area contributed by atoms with E-state index in [2.05, 4.69) is 17.0 Å². The highest BCUT2D eigenvalue weighted by Gasteiger charge is 2.58. The molecule has 3 aliphatic heterocycles. The summed E-state index contributed by atoms with van der Waals surface area (Å²) >= 11 is 0. The maximum atomic E-state index is 14.2. The van der Waals surface area contributed by atoms with E-state index >= 15 is 0 Å². The third-order valence-corrected chi connectivity index (χ3v) is 14.6. The predicted octanol–water partition coefficient (Wildman–Crippen LogP) is 5.61. The number of rotatable bonds is 19. The van der Waals surface area contributed by atoms with Crippen LogP contribution in [0.25, 0.3) is 0 Å². The molecule has 0 aromatic heterocycles. The van der Waals surface area contributed by atoms with E-state index in [1.165, 1.54) is 42.1 Å². The maximum absolute atomic E-state index is 14.2. The number of hydrogen-bond donors (Lipinski definition) is 0. The van der Waals surface area contributed by atoms with Crippen molar-refractivity contribution in [1.82, 2.24) is 9.80 Å². The smallest absolute Gasteiger partial charge is 0.309 e. The number of cyclic esters (lactones) is 1. The molecule has 3 fully saturated rings. The van der Waals surface area contributed by atoms with Crippen molar-refractivity contribution in [2.24, 2.45) is 17.8 Å². The number of carbonyl (C=O) groups excluding carboxylic acids is 6. The molecule has 16 atom stereocenters. The lowest BCUT2D eigenvalue weighted by Crippen LogP contribution is -2.68. The van der Waals surface area contributed by atoms with Gasteiger partial charge in [-0.1, -0.05) is 51.1 Å². The van der Waals surface area contributed by atoms with Crippen LogP contribution < -0.4 is 0 Å². The highest BCUT2D eigenvalue weighted by atomic mass is 16.7. The van der Waals surface area contributed by atoms with Gasteiger partial charge in [0.1, 0.15) is 42.7 Å². The Labute approximate surface area is 444 Å². The molecule has 0 amide bonds. The van der Waals surface area contributed by atoms with Crippen LogP contribution in [0.2, 0.25) is 0 Å². The lowest BCUT2D eigenvalue weighted by Gasteiger charge is -2.54. The normalized spacial score (nSPS) is 33.6. The van der Waals surface area contributed by atoms with Gasteiger partial charge in [-0.05, 0) is 78.5 Å². The minimum absolute atomic E-state index is 0.0171. The molecule has 20 nitrogen and oxygen atoms in total. The van der Waals surface area contributed by atoms with Crippen LogP contribution in [0.5, 0.6) is 0 Å². The fourth-order valence-electron chi connectivity index (χ4n) is 11.1. The van der Waals surface area contributed by atoms with E-state index in [4.69, 9.17) is 56.8 Å². The first-order chi connectivity index (χ1) is 35.5. The van der Waals surface area contributed by atoms with Crippen LogP contribution in [0.3, 0.4) is 0 Å². The Morgan fingerprint density at radius 2 is 1.44 bits per heavy atom. The molecule has 426 valence electrons. The molecule has 0 bridgehead atoms. The molecule has 1 aromatic carbocycles. The average Bonchev–Trinajstić information content (AvgIpc) is 3.33. The highest BCUT2D eigenvalue weighted by Crippen LogP contribution is 2.44. The van der Waals surface area contributed by atoms with E-state index in [1.54, 1.807) is 27.7 Å². The van der Waals surface area contributed by atoms with E-state index in [0.717, 1.165) is 5.56 Å². The predicted molar refractivity (Wildman–Crippen MR) is 273 cm³/mol. The SMILES string of the molecule is CCC(=O)O[C@@H]1CC(=O)O[C@H](C)CCN(CCc2ccccc2)C[C@H](OC(C)=O)[C@H](C)C[C@H](CC(OC)OC)[C@H]([C@@H]2O[C@H](C)[C@@H](O[C@H]3C[C@@](C)(OC(C)=O)[C@@H](OC(=O)CC)[C@H](C)O3)[C@H](N(C)C)[C@H]2OC(C)=O)[C@@H]1OC. The van der Waals surface area contributed by atoms with E-state index in [1.807, 2.05) is 58.0 Å². The first kappa shape index (κ1) is 63.3. The number of carbonyl (C=O) groups is 6. The lowest BCUT2D eigenvalue weighted by atomic mass is 9.70. The van der Waals surface area contributed by atoms with Gasteiger partial charge >= 0.3 is 35.8 Å². The molecule has 0 spiro atoms. The van der Waals surface area contributed by atoms with Gasteiger partial charge in [-0.25, -0.2) is 0 Å². The van der Waals surface area contributed by atoms with Crippen molar-refractivity contribution >= 4 is 35.8 Å². The van der Waals surface area contributed by atoms with E-state index in [9.17, 15) is 28.8 Å². The molecule has 1 aromatic rings. The van der Waals surface area contributed by atoms with Crippen molar-refractivity contribution < 1.29 is 85.6 Å². The fraction of sp³-hybridized carbons (Fsp3) is 0.782. The third kappa shape index (κ3) is 18.4. The molecule has 4 rings (SSSR count). The summed E-state index contributed by atoms with van der Waals surface area (Å²) in [5, 5.41) is 0. The number of methoxy groups -OCH3 is 3. The zero-order chi connectivity index (χ0) is 55.7. The Bertz CT molecular complexity index is 1970. The topological polar surface area (TPSA) is 220 Å². The van der Waals surface area contributed by atoms with Gasteiger partial charge in [0.15, 0.2) is 24.3 Å². The van der Waals surface area contributed by atoms with Crippen LogP contribution in [0.15, 0.2) is 30.3 Å². The van der Waals surface area contributed by atoms with Crippen molar-refractivity contribution in [3.8, 4) is 0 Å². The van der Waals surface area contributed by atoms with Gasteiger partial charge < -0.3 is 61.7 Å². The zero-order valence-corrected chi connectivity index (χ0v) is 47.1. The Balaban J connectivity index is 1.94. The lowest BCUT2D eigenvalue weighted by molar-refractivity contribution is -0.320. The van der Waals surface area contributed by atoms with Crippen molar-refractivity contribution in [2.45, 2.75) is 206 Å². The molecular weight excluding hydrogens is 977 g/mol. The van der Waals surface area contributed by atoms with Gasteiger partial charge in [0, 0.05) is 93.3 Å². The number of benzene rings is 1. The summed E-state index contributed by atoms with van der Waals surface area (Å²) in [6.45, 7) is 17.7. The van der Waals surface area contributed by atoms with Crippen molar-refractivity contribution in [3.05, 3.63) is 35.9 Å². The monoisotopic (exact) mass is 1060 g/mol. The van der Waals surface area contributed by atoms with Crippen LogP contribution >= 0.6 is 0 Å². The Morgan fingerprint density at radius 3 is 2.01 bits per heavy atom. The van der Waals surface area contributed by atoms with Crippen LogP contribution in [0.1, 0.15) is 120 Å². The number of likely N-dealkylation sites (N-methyl/N-ethyl adjacent to an activating group) is 1. The summed E-state index contributed by atoms with van der Waals surface area (Å²) in [5.41, 5.74) is -0.233. The van der Waals surface area contributed by atoms with Crippen LogP contribution in [0.4, 0.5) is 0 Å². The minimum Gasteiger partial charge on any atom is -0.463 e. The molecule has 0 N–H and O–H groups in total. The second kappa shape index (κ2) is 30.0. The maximum Gasteiger partial charge on any atom is 0.309 e. The molecule has 75 heavy (non-hydrogen) atoms. The Hall–Kier alpha value is -4.28. The van der Waals surface area contributed by atoms with Gasteiger partial charge in [0.05, 0.1) is 24.7 Å². The summed E-state index contributed by atoms with van der Waals surface area (Å²) in [6, 6.07) is 9.27. The standard InChI is InChI=1S/C55H88N2O18/c1-16-43(61)72-41-29-45(63)67-33(4)23-25-57(26-24-39-21-19-18-20-22-39)31-42(70-36(7)58)32(3)27-40(28-46(64-13)65-14)48(51(41)66-15)52-53(71-37(8)59)49(56(11)12)50(34(5)69-52)74-47-30-55(10,75-38(9)60)54(35(6)68-47)73-44(62)17-2/h18-22,32-35,40-42,46-54H,16-17,23-31H2,1-15H3/t32-,33-,34-,35+,40-,41-,42+,47+,48+,49+,50-,51-,52+,53-,54+,55-/m1/s1. The van der Waals surface area contributed by atoms with E-state index in [0.29, 0.717) is 38.9 Å². The molecular formula is C55H88N2O18. The first-order valence-corrected chi connectivity index (χ1v) is 26.6. The molecule has 3 aliphatic rings. The highest BCUT2D eigenvalue weighted by molar-refractivity contribution is 5.73. The van der Waals surface area contributed by atoms with Crippen molar-refractivity contribution in [1.29, 1.82) is 0 Å². The molecule has 20 heteroatoms. The second-order valence-electron chi connectivity index (χ2n) is 20.8. The van der Waals surface area contributed by atoms with E-state index < -0.39 is 139 Å². The average molecular weight is 1070 g/mol. The molecule has 0 saturated carbocycles. The summed E-state index contributed by atoms with van der Waals surface area (Å²) in [7, 11) is 8.12. The quantitative estimate of drug-likeness (QED) is 0.0934. The summed E-state index contributed by atoms with van der Waals surface area (Å²) < 4.78 is 75.4. The summed E-state index contributed by atoms with van der Waals surface area (Å²) in [5.74, 6) is -5.28. The number of hydrogen-bond acceptors (Lipinski definition) is 20. The molecule has 3 heterocycles. The largest absolute Gasteiger partial charge is 0.463 e. The second-order valence-corrected chi connectivity index (χ2v) is 20.8. The Kier molecular flexibility index (Phi) is 25.3. The van der Waals surface area contributed by atoms with Crippen molar-refractivity contribution in [3.63, 3.8) is 0 Å². The fourth-order valence-corrected chi connectivity index (χ4v) is 11.1. The molecule has 0 radical (unpaired) electrons. The number of nitrogens with zero attached hydrogens (tertiary/aromatic N) is 2. The molecule has 3 saturated heterocycles. The van der Waals surface area contributed by atoms with Crippen molar-refractivity contribution in [2.75, 3.05) is 55.1 Å². The number of ether oxygens (including phenoxy) is 12. The van der Waals surface area contributed by atoms with Gasteiger partial charge in [-0.2, -0.15) is 0 Å². The summed E-state index contributed by atoms with van der Waals surface area (Å²) in [4.78, 5) is 83.7. The zero-order valence-electron chi connectivity index (χ0n) is 47.1. The third-order valence-electron chi connectivity index (χ3n) is 14.6. The van der Waals surface area contributed by atoms with Gasteiger partial charge in [-0.15, -0.1) is 0 Å². The van der Waals surface area contributed by atoms with Crippen LogP contribution in [-0.2, 0) is 92.0 Å². The van der Waals surface area contributed by atoms with Gasteiger partial charge in [-0.3, -0.25) is 33.7 Å². The van der Waals surface area contributed by atoms with E-state index in [-0.39, 0.29) is 31.6 Å². The first-order valence-electron chi connectivity index (χ1n) is 26.6. The molecule has 0 unspecified atom stereocenters. The number of esters is 6. The molecule has 0 aliphatic carbocycles. The van der Waals surface area contributed by atoms with Crippen LogP contribution in [0, 0.1) is 17.8 Å².